The van der Waals surface area contributed by atoms with E-state index < -0.39 is 13.1 Å². The maximum atomic E-state index is 12.4. The lowest BCUT2D eigenvalue weighted by Gasteiger charge is -2.31. The second-order valence-corrected chi connectivity index (χ2v) is 7.94. The van der Waals surface area contributed by atoms with Crippen molar-refractivity contribution in [2.24, 2.45) is 5.73 Å². The standard InChI is InChI=1S/C17H23BN2O6S/c1-25-12-3-2-10-8-13(18(24)26-16(10)15(12)17(22)23)27-9-14(21)20-6-4-11(19)5-7-20/h2-3,11,13,24H,4-9,19H2,1H3,(H,22,23)/t13-/m0/s1. The number of hydrogen-bond acceptors (Lipinski definition) is 7. The van der Waals surface area contributed by atoms with Gasteiger partial charge in [-0.15, -0.1) is 11.8 Å². The summed E-state index contributed by atoms with van der Waals surface area (Å²) in [6, 6.07) is 3.47. The first-order chi connectivity index (χ1) is 12.9. The minimum atomic E-state index is -1.20. The zero-order valence-electron chi connectivity index (χ0n) is 15.1. The van der Waals surface area contributed by atoms with Gasteiger partial charge in [0.15, 0.2) is 0 Å². The summed E-state index contributed by atoms with van der Waals surface area (Å²) < 4.78 is 10.6. The summed E-state index contributed by atoms with van der Waals surface area (Å²) in [6.45, 7) is 1.32. The number of hydrogen-bond donors (Lipinski definition) is 3. The number of piperidine rings is 1. The number of likely N-dealkylation sites (tertiary alicyclic amines) is 1. The summed E-state index contributed by atoms with van der Waals surface area (Å²) in [4.78, 5) is 25.7. The average molecular weight is 394 g/mol. The summed E-state index contributed by atoms with van der Waals surface area (Å²) >= 11 is 1.32. The molecule has 2 aliphatic heterocycles. The molecule has 10 heteroatoms. The van der Waals surface area contributed by atoms with Crippen molar-refractivity contribution < 1.29 is 29.1 Å². The van der Waals surface area contributed by atoms with Gasteiger partial charge in [-0.3, -0.25) is 4.79 Å². The third kappa shape index (κ3) is 4.33. The van der Waals surface area contributed by atoms with Crippen molar-refractivity contribution in [2.45, 2.75) is 30.5 Å². The van der Waals surface area contributed by atoms with Crippen molar-refractivity contribution in [3.05, 3.63) is 23.3 Å². The normalized spacial score (nSPS) is 20.0. The number of amides is 1. The Kier molecular flexibility index (Phi) is 6.18. The second kappa shape index (κ2) is 8.41. The molecule has 1 aromatic carbocycles. The fourth-order valence-electron chi connectivity index (χ4n) is 3.35. The number of carbonyl (C=O) groups excluding carboxylic acids is 1. The van der Waals surface area contributed by atoms with Gasteiger partial charge in [0, 0.05) is 19.1 Å². The Labute approximate surface area is 162 Å². The van der Waals surface area contributed by atoms with E-state index in [1.165, 1.54) is 18.9 Å². The van der Waals surface area contributed by atoms with Gasteiger partial charge in [0.1, 0.15) is 17.1 Å². The Bertz CT molecular complexity index is 726. The molecule has 1 amide bonds. The van der Waals surface area contributed by atoms with Gasteiger partial charge in [-0.25, -0.2) is 4.79 Å². The summed E-state index contributed by atoms with van der Waals surface area (Å²) in [5.74, 6) is -0.621. The SMILES string of the molecule is COc1ccc2c(c1C(=O)O)OB(O)[C@@H](SCC(=O)N1CCC(N)CC1)C2. The van der Waals surface area contributed by atoms with E-state index in [9.17, 15) is 19.7 Å². The number of thioether (sulfide) groups is 1. The molecule has 2 aliphatic rings. The molecule has 0 unspecified atom stereocenters. The van der Waals surface area contributed by atoms with Crippen LogP contribution in [-0.4, -0.2) is 71.2 Å². The van der Waals surface area contributed by atoms with Crippen LogP contribution >= 0.6 is 11.8 Å². The molecule has 0 bridgehead atoms. The van der Waals surface area contributed by atoms with E-state index in [1.807, 2.05) is 0 Å². The molecule has 0 radical (unpaired) electrons. The number of nitrogens with two attached hydrogens (primary N) is 1. The van der Waals surface area contributed by atoms with E-state index in [1.54, 1.807) is 17.0 Å². The summed E-state index contributed by atoms with van der Waals surface area (Å²) in [5, 5.41) is 19.4. The molecule has 0 spiro atoms. The van der Waals surface area contributed by atoms with Crippen LogP contribution < -0.4 is 15.1 Å². The van der Waals surface area contributed by atoms with Crippen molar-refractivity contribution in [3.63, 3.8) is 0 Å². The summed E-state index contributed by atoms with van der Waals surface area (Å²) in [6.07, 6.45) is 2.01. The number of carbonyl (C=O) groups is 2. The number of nitrogens with zero attached hydrogens (tertiary/aromatic N) is 1. The number of methoxy groups -OCH3 is 1. The topological polar surface area (TPSA) is 122 Å². The van der Waals surface area contributed by atoms with Crippen LogP contribution in [0.2, 0.25) is 0 Å². The molecule has 2 heterocycles. The molecular formula is C17H23BN2O6S. The maximum absolute atomic E-state index is 12.4. The number of carboxylic acid groups (broad SMARTS) is 1. The van der Waals surface area contributed by atoms with Gasteiger partial charge in [-0.05, 0) is 30.9 Å². The number of rotatable bonds is 5. The molecule has 0 aliphatic carbocycles. The van der Waals surface area contributed by atoms with Gasteiger partial charge in [-0.2, -0.15) is 0 Å². The van der Waals surface area contributed by atoms with E-state index in [2.05, 4.69) is 0 Å². The molecule has 1 atom stereocenters. The number of aromatic carboxylic acids is 1. The third-order valence-corrected chi connectivity index (χ3v) is 6.17. The van der Waals surface area contributed by atoms with Crippen LogP contribution in [0.3, 0.4) is 0 Å². The van der Waals surface area contributed by atoms with E-state index >= 15 is 0 Å². The third-order valence-electron chi connectivity index (χ3n) is 4.93. The van der Waals surface area contributed by atoms with Crippen LogP contribution in [0.5, 0.6) is 11.5 Å². The van der Waals surface area contributed by atoms with Crippen LogP contribution in [0.15, 0.2) is 12.1 Å². The van der Waals surface area contributed by atoms with Gasteiger partial charge in [0.25, 0.3) is 0 Å². The predicted molar refractivity (Wildman–Crippen MR) is 102 cm³/mol. The van der Waals surface area contributed by atoms with Crippen molar-refractivity contribution in [2.75, 3.05) is 26.0 Å². The second-order valence-electron chi connectivity index (χ2n) is 6.72. The molecule has 4 N–H and O–H groups in total. The fraction of sp³-hybridized carbons (Fsp3) is 0.529. The van der Waals surface area contributed by atoms with Crippen LogP contribution in [-0.2, 0) is 11.2 Å². The predicted octanol–water partition coefficient (Wildman–Crippen LogP) is 0.400. The molecule has 0 aromatic heterocycles. The highest BCUT2D eigenvalue weighted by atomic mass is 32.2. The highest BCUT2D eigenvalue weighted by Gasteiger charge is 2.38. The number of benzene rings is 1. The molecule has 1 fully saturated rings. The van der Waals surface area contributed by atoms with Crippen molar-refractivity contribution in [1.29, 1.82) is 0 Å². The van der Waals surface area contributed by atoms with Gasteiger partial charge in [0.2, 0.25) is 5.91 Å². The largest absolute Gasteiger partial charge is 0.536 e. The van der Waals surface area contributed by atoms with Crippen LogP contribution in [0.1, 0.15) is 28.8 Å². The van der Waals surface area contributed by atoms with Crippen molar-refractivity contribution in [1.82, 2.24) is 4.90 Å². The highest BCUT2D eigenvalue weighted by molar-refractivity contribution is 8.01. The zero-order chi connectivity index (χ0) is 19.6. The molecule has 146 valence electrons. The Morgan fingerprint density at radius 3 is 2.74 bits per heavy atom. The minimum Gasteiger partial charge on any atom is -0.534 e. The summed E-state index contributed by atoms with van der Waals surface area (Å²) in [5.41, 5.74) is 6.44. The van der Waals surface area contributed by atoms with E-state index in [4.69, 9.17) is 15.1 Å². The first-order valence-electron chi connectivity index (χ1n) is 8.83. The molecule has 3 rings (SSSR count). The van der Waals surface area contributed by atoms with Crippen molar-refractivity contribution >= 4 is 30.8 Å². The van der Waals surface area contributed by atoms with Gasteiger partial charge in [-0.1, -0.05) is 6.07 Å². The molecule has 27 heavy (non-hydrogen) atoms. The minimum absolute atomic E-state index is 0.0193. The van der Waals surface area contributed by atoms with Gasteiger partial charge >= 0.3 is 13.1 Å². The molecule has 1 aromatic rings. The smallest absolute Gasteiger partial charge is 0.534 e. The molecule has 1 saturated heterocycles. The van der Waals surface area contributed by atoms with E-state index in [0.717, 1.165) is 12.8 Å². The van der Waals surface area contributed by atoms with Crippen molar-refractivity contribution in [3.8, 4) is 11.5 Å². The van der Waals surface area contributed by atoms with Gasteiger partial charge in [0.05, 0.1) is 18.0 Å². The summed E-state index contributed by atoms with van der Waals surface area (Å²) in [7, 11) is 0.181. The zero-order valence-corrected chi connectivity index (χ0v) is 15.9. The fourth-order valence-corrected chi connectivity index (χ4v) is 4.41. The average Bonchev–Trinajstić information content (AvgIpc) is 2.65. The quantitative estimate of drug-likeness (QED) is 0.614. The lowest BCUT2D eigenvalue weighted by molar-refractivity contribution is -0.129. The maximum Gasteiger partial charge on any atom is 0.536 e. The highest BCUT2D eigenvalue weighted by Crippen LogP contribution is 2.38. The first-order valence-corrected chi connectivity index (χ1v) is 9.88. The number of fused-ring (bicyclic) bond motifs is 1. The molecule has 8 nitrogen and oxygen atoms in total. The van der Waals surface area contributed by atoms with Gasteiger partial charge < -0.3 is 30.2 Å². The Hall–Kier alpha value is -1.91. The monoisotopic (exact) mass is 394 g/mol. The molecule has 0 saturated carbocycles. The Morgan fingerprint density at radius 1 is 1.41 bits per heavy atom. The molecular weight excluding hydrogens is 371 g/mol. The Balaban J connectivity index is 1.66. The van der Waals surface area contributed by atoms with E-state index in [0.29, 0.717) is 25.1 Å². The lowest BCUT2D eigenvalue weighted by Crippen LogP contribution is -2.45. The van der Waals surface area contributed by atoms with Crippen LogP contribution in [0, 0.1) is 0 Å². The lowest BCUT2D eigenvalue weighted by atomic mass is 9.77. The number of carboxylic acids is 1. The van der Waals surface area contributed by atoms with Crippen LogP contribution in [0.4, 0.5) is 0 Å². The Morgan fingerprint density at radius 2 is 2.11 bits per heavy atom. The van der Waals surface area contributed by atoms with E-state index in [-0.39, 0.29) is 39.9 Å². The number of ether oxygens (including phenoxy) is 1. The van der Waals surface area contributed by atoms with Crippen LogP contribution in [0.25, 0.3) is 0 Å². The first kappa shape index (κ1) is 19.8.